The van der Waals surface area contributed by atoms with E-state index in [1.54, 1.807) is 4.90 Å². The maximum absolute atomic E-state index is 12.6. The molecule has 1 amide bonds. The van der Waals surface area contributed by atoms with Crippen LogP contribution in [0, 0.1) is 0 Å². The third-order valence-corrected chi connectivity index (χ3v) is 5.15. The summed E-state index contributed by atoms with van der Waals surface area (Å²) in [6.07, 6.45) is -0.441. The van der Waals surface area contributed by atoms with Crippen LogP contribution in [0.15, 0.2) is 60.7 Å². The van der Waals surface area contributed by atoms with Gasteiger partial charge in [-0.1, -0.05) is 60.7 Å². The van der Waals surface area contributed by atoms with Crippen molar-refractivity contribution in [1.82, 2.24) is 9.80 Å². The minimum atomic E-state index is -0.879. The van der Waals surface area contributed by atoms with Crippen LogP contribution in [0.1, 0.15) is 44.4 Å². The Hall–Kier alpha value is -2.86. The van der Waals surface area contributed by atoms with Crippen molar-refractivity contribution in [2.75, 3.05) is 19.6 Å². The smallest absolute Gasteiger partial charge is 0.410 e. The molecular formula is C24H30N2O4. The summed E-state index contributed by atoms with van der Waals surface area (Å²) in [5.41, 5.74) is 1.61. The fraction of sp³-hybridized carbons (Fsp3) is 0.417. The SMILES string of the molecule is CC(C)(C)OC(=O)N1CCN(C(c2ccccc2)c2ccccc2)C(CC(=O)O)C1. The molecule has 2 aromatic carbocycles. The number of nitrogens with zero attached hydrogens (tertiary/aromatic N) is 2. The number of carbonyl (C=O) groups excluding carboxylic acids is 1. The first-order valence-electron chi connectivity index (χ1n) is 10.3. The van der Waals surface area contributed by atoms with Crippen molar-refractivity contribution in [3.63, 3.8) is 0 Å². The lowest BCUT2D eigenvalue weighted by Gasteiger charge is -2.45. The molecule has 0 aliphatic carbocycles. The molecular weight excluding hydrogens is 380 g/mol. The number of carboxylic acids is 1. The predicted octanol–water partition coefficient (Wildman–Crippen LogP) is 4.17. The van der Waals surface area contributed by atoms with E-state index in [4.69, 9.17) is 4.74 Å². The van der Waals surface area contributed by atoms with Gasteiger partial charge in [0.05, 0.1) is 12.5 Å². The Morgan fingerprint density at radius 3 is 2.00 bits per heavy atom. The monoisotopic (exact) mass is 410 g/mol. The van der Waals surface area contributed by atoms with Crippen molar-refractivity contribution in [2.45, 2.75) is 44.9 Å². The highest BCUT2D eigenvalue weighted by Crippen LogP contribution is 2.33. The van der Waals surface area contributed by atoms with Gasteiger partial charge in [-0.3, -0.25) is 9.69 Å². The molecule has 1 saturated heterocycles. The standard InChI is InChI=1S/C24H30N2O4/c1-24(2,3)30-23(29)25-14-15-26(20(17-25)16-21(27)28)22(18-10-6-4-7-11-18)19-12-8-5-9-13-19/h4-13,20,22H,14-17H2,1-3H3,(H,27,28). The number of benzene rings is 2. The molecule has 1 heterocycles. The number of hydrogen-bond acceptors (Lipinski definition) is 4. The molecule has 1 N–H and O–H groups in total. The Bertz CT molecular complexity index is 809. The van der Waals surface area contributed by atoms with Crippen LogP contribution in [0.3, 0.4) is 0 Å². The zero-order valence-corrected chi connectivity index (χ0v) is 17.8. The molecule has 0 spiro atoms. The molecule has 6 nitrogen and oxygen atoms in total. The van der Waals surface area contributed by atoms with Gasteiger partial charge in [0.25, 0.3) is 0 Å². The van der Waals surface area contributed by atoms with E-state index in [0.717, 1.165) is 11.1 Å². The largest absolute Gasteiger partial charge is 0.481 e. The average molecular weight is 411 g/mol. The molecule has 6 heteroatoms. The first-order chi connectivity index (χ1) is 14.2. The average Bonchev–Trinajstić information content (AvgIpc) is 2.69. The molecule has 0 radical (unpaired) electrons. The van der Waals surface area contributed by atoms with Crippen LogP contribution >= 0.6 is 0 Å². The van der Waals surface area contributed by atoms with Crippen LogP contribution in [-0.4, -0.2) is 58.2 Å². The van der Waals surface area contributed by atoms with E-state index in [-0.39, 0.29) is 18.5 Å². The highest BCUT2D eigenvalue weighted by Gasteiger charge is 2.37. The number of aliphatic carboxylic acids is 1. The fourth-order valence-electron chi connectivity index (χ4n) is 3.93. The number of carboxylic acid groups (broad SMARTS) is 1. The molecule has 3 rings (SSSR count). The maximum Gasteiger partial charge on any atom is 0.410 e. The summed E-state index contributed by atoms with van der Waals surface area (Å²) in [5.74, 6) is -0.879. The van der Waals surface area contributed by atoms with Crippen LogP contribution in [-0.2, 0) is 9.53 Å². The molecule has 1 aliphatic heterocycles. The lowest BCUT2D eigenvalue weighted by atomic mass is 9.93. The summed E-state index contributed by atoms with van der Waals surface area (Å²) in [4.78, 5) is 28.1. The lowest BCUT2D eigenvalue weighted by Crippen LogP contribution is -2.57. The van der Waals surface area contributed by atoms with Crippen LogP contribution in [0.4, 0.5) is 4.79 Å². The second-order valence-electron chi connectivity index (χ2n) is 8.64. The molecule has 1 aliphatic rings. The fourth-order valence-corrected chi connectivity index (χ4v) is 3.93. The molecule has 2 aromatic rings. The van der Waals surface area contributed by atoms with Crippen molar-refractivity contribution in [3.05, 3.63) is 71.8 Å². The quantitative estimate of drug-likeness (QED) is 0.801. The van der Waals surface area contributed by atoms with Gasteiger partial charge >= 0.3 is 12.1 Å². The summed E-state index contributed by atoms with van der Waals surface area (Å²) in [6, 6.07) is 19.8. The van der Waals surface area contributed by atoms with E-state index >= 15 is 0 Å². The first-order valence-corrected chi connectivity index (χ1v) is 10.3. The summed E-state index contributed by atoms with van der Waals surface area (Å²) in [5, 5.41) is 9.56. The Morgan fingerprint density at radius 1 is 1.00 bits per heavy atom. The van der Waals surface area contributed by atoms with Gasteiger partial charge < -0.3 is 14.7 Å². The van der Waals surface area contributed by atoms with Crippen molar-refractivity contribution < 1.29 is 19.4 Å². The Kier molecular flexibility index (Phi) is 6.77. The predicted molar refractivity (Wildman–Crippen MR) is 115 cm³/mol. The van der Waals surface area contributed by atoms with Gasteiger partial charge in [0.2, 0.25) is 0 Å². The highest BCUT2D eigenvalue weighted by molar-refractivity contribution is 5.70. The second kappa shape index (κ2) is 9.30. The first kappa shape index (κ1) is 21.8. The molecule has 0 aromatic heterocycles. The van der Waals surface area contributed by atoms with Gasteiger partial charge in [0, 0.05) is 25.7 Å². The summed E-state index contributed by atoms with van der Waals surface area (Å²) < 4.78 is 5.52. The number of ether oxygens (including phenoxy) is 1. The zero-order valence-electron chi connectivity index (χ0n) is 17.8. The Balaban J connectivity index is 1.91. The van der Waals surface area contributed by atoms with E-state index in [0.29, 0.717) is 19.6 Å². The van der Waals surface area contributed by atoms with E-state index in [1.165, 1.54) is 0 Å². The molecule has 30 heavy (non-hydrogen) atoms. The van der Waals surface area contributed by atoms with E-state index in [9.17, 15) is 14.7 Å². The van der Waals surface area contributed by atoms with E-state index in [2.05, 4.69) is 29.2 Å². The van der Waals surface area contributed by atoms with Crippen molar-refractivity contribution in [3.8, 4) is 0 Å². The second-order valence-corrected chi connectivity index (χ2v) is 8.64. The molecule has 0 saturated carbocycles. The molecule has 1 atom stereocenters. The van der Waals surface area contributed by atoms with Gasteiger partial charge in [-0.15, -0.1) is 0 Å². The number of amides is 1. The summed E-state index contributed by atoms with van der Waals surface area (Å²) >= 11 is 0. The van der Waals surface area contributed by atoms with Crippen molar-refractivity contribution in [1.29, 1.82) is 0 Å². The number of carbonyl (C=O) groups is 2. The number of rotatable bonds is 5. The topological polar surface area (TPSA) is 70.1 Å². The Morgan fingerprint density at radius 2 is 1.53 bits per heavy atom. The van der Waals surface area contributed by atoms with Gasteiger partial charge in [-0.2, -0.15) is 0 Å². The molecule has 0 bridgehead atoms. The normalized spacial score (nSPS) is 17.7. The summed E-state index contributed by atoms with van der Waals surface area (Å²) in [7, 11) is 0. The Labute approximate surface area is 178 Å². The molecule has 1 unspecified atom stereocenters. The molecule has 160 valence electrons. The van der Waals surface area contributed by atoms with Gasteiger partial charge in [0.1, 0.15) is 5.60 Å². The van der Waals surface area contributed by atoms with Crippen LogP contribution in [0.2, 0.25) is 0 Å². The van der Waals surface area contributed by atoms with E-state index in [1.807, 2.05) is 57.2 Å². The number of piperazine rings is 1. The maximum atomic E-state index is 12.6. The van der Waals surface area contributed by atoms with Crippen LogP contribution in [0.5, 0.6) is 0 Å². The zero-order chi connectivity index (χ0) is 21.7. The molecule has 1 fully saturated rings. The minimum Gasteiger partial charge on any atom is -0.481 e. The summed E-state index contributed by atoms with van der Waals surface area (Å²) in [6.45, 7) is 6.86. The minimum absolute atomic E-state index is 0.0462. The van der Waals surface area contributed by atoms with Gasteiger partial charge in [-0.05, 0) is 31.9 Å². The third kappa shape index (κ3) is 5.60. The van der Waals surface area contributed by atoms with Gasteiger partial charge in [-0.25, -0.2) is 4.79 Å². The van der Waals surface area contributed by atoms with Crippen molar-refractivity contribution >= 4 is 12.1 Å². The lowest BCUT2D eigenvalue weighted by molar-refractivity contribution is -0.139. The van der Waals surface area contributed by atoms with Crippen LogP contribution in [0.25, 0.3) is 0 Å². The van der Waals surface area contributed by atoms with Crippen LogP contribution < -0.4 is 0 Å². The third-order valence-electron chi connectivity index (χ3n) is 5.15. The van der Waals surface area contributed by atoms with Gasteiger partial charge in [0.15, 0.2) is 0 Å². The van der Waals surface area contributed by atoms with E-state index < -0.39 is 17.7 Å². The van der Waals surface area contributed by atoms with Crippen molar-refractivity contribution in [2.24, 2.45) is 0 Å². The highest BCUT2D eigenvalue weighted by atomic mass is 16.6. The number of hydrogen-bond donors (Lipinski definition) is 1.